The van der Waals surface area contributed by atoms with Gasteiger partial charge in [-0.2, -0.15) is 0 Å². The molecule has 0 bridgehead atoms. The summed E-state index contributed by atoms with van der Waals surface area (Å²) in [7, 11) is 1.61. The number of amides is 1. The number of nitrogens with one attached hydrogen (secondary N) is 1. The number of anilines is 1. The van der Waals surface area contributed by atoms with Crippen LogP contribution in [0.2, 0.25) is 5.02 Å². The first-order valence-corrected chi connectivity index (χ1v) is 5.85. The monoisotopic (exact) mass is 256 g/mol. The van der Waals surface area contributed by atoms with Gasteiger partial charge < -0.3 is 15.3 Å². The van der Waals surface area contributed by atoms with E-state index in [0.717, 1.165) is 5.69 Å². The summed E-state index contributed by atoms with van der Waals surface area (Å²) in [5, 5.41) is 12.1. The fourth-order valence-electron chi connectivity index (χ4n) is 1.50. The molecule has 0 atom stereocenters. The van der Waals surface area contributed by atoms with Crippen LogP contribution in [0.15, 0.2) is 18.2 Å². The number of aliphatic hydroxyl groups is 1. The Balaban J connectivity index is 2.88. The zero-order valence-corrected chi connectivity index (χ0v) is 10.8. The molecule has 1 rings (SSSR count). The molecular weight excluding hydrogens is 240 g/mol. The molecular formula is C12H17ClN2O2. The molecule has 0 fully saturated rings. The van der Waals surface area contributed by atoms with E-state index in [1.54, 1.807) is 19.2 Å². The molecule has 0 saturated carbocycles. The fraction of sp³-hybridized carbons (Fsp3) is 0.417. The van der Waals surface area contributed by atoms with Crippen molar-refractivity contribution in [3.8, 4) is 0 Å². The lowest BCUT2D eigenvalue weighted by Crippen LogP contribution is -2.35. The van der Waals surface area contributed by atoms with Gasteiger partial charge in [-0.3, -0.25) is 4.79 Å². The minimum Gasteiger partial charge on any atom is -0.392 e. The van der Waals surface area contributed by atoms with Crippen LogP contribution in [0.4, 0.5) is 5.69 Å². The largest absolute Gasteiger partial charge is 0.392 e. The second-order valence-corrected chi connectivity index (χ2v) is 4.03. The van der Waals surface area contributed by atoms with Crippen molar-refractivity contribution in [2.45, 2.75) is 13.5 Å². The molecule has 0 unspecified atom stereocenters. The summed E-state index contributed by atoms with van der Waals surface area (Å²) in [6.07, 6.45) is 0. The lowest BCUT2D eigenvalue weighted by atomic mass is 10.2. The summed E-state index contributed by atoms with van der Waals surface area (Å²) in [6.45, 7) is 2.89. The molecule has 0 aromatic heterocycles. The van der Waals surface area contributed by atoms with Crippen molar-refractivity contribution in [1.29, 1.82) is 0 Å². The SMILES string of the molecule is CCN(CC(=O)NC)c1ccc(CO)c(Cl)c1. The highest BCUT2D eigenvalue weighted by Crippen LogP contribution is 2.23. The van der Waals surface area contributed by atoms with Crippen LogP contribution in [0, 0.1) is 0 Å². The van der Waals surface area contributed by atoms with Crippen molar-refractivity contribution in [3.05, 3.63) is 28.8 Å². The number of carbonyl (C=O) groups excluding carboxylic acids is 1. The fourth-order valence-corrected chi connectivity index (χ4v) is 1.73. The van der Waals surface area contributed by atoms with E-state index in [2.05, 4.69) is 5.32 Å². The van der Waals surface area contributed by atoms with Crippen molar-refractivity contribution < 1.29 is 9.90 Å². The Morgan fingerprint density at radius 1 is 1.53 bits per heavy atom. The molecule has 0 aliphatic carbocycles. The maximum atomic E-state index is 11.3. The summed E-state index contributed by atoms with van der Waals surface area (Å²) in [5.41, 5.74) is 1.56. The minimum atomic E-state index is -0.0827. The van der Waals surface area contributed by atoms with Crippen molar-refractivity contribution >= 4 is 23.2 Å². The Hall–Kier alpha value is -1.26. The third-order valence-corrected chi connectivity index (χ3v) is 2.92. The number of hydrogen-bond acceptors (Lipinski definition) is 3. The maximum Gasteiger partial charge on any atom is 0.239 e. The summed E-state index contributed by atoms with van der Waals surface area (Å²) in [6, 6.07) is 5.38. The Labute approximate surface area is 106 Å². The highest BCUT2D eigenvalue weighted by atomic mass is 35.5. The van der Waals surface area contributed by atoms with Gasteiger partial charge in [0, 0.05) is 24.3 Å². The van der Waals surface area contributed by atoms with Crippen LogP contribution >= 0.6 is 11.6 Å². The van der Waals surface area contributed by atoms with Gasteiger partial charge in [0.05, 0.1) is 13.2 Å². The lowest BCUT2D eigenvalue weighted by Gasteiger charge is -2.22. The molecule has 94 valence electrons. The number of nitrogens with zero attached hydrogens (tertiary/aromatic N) is 1. The summed E-state index contributed by atoms with van der Waals surface area (Å²) in [5.74, 6) is -0.0470. The number of rotatable bonds is 5. The third-order valence-electron chi connectivity index (χ3n) is 2.57. The van der Waals surface area contributed by atoms with Crippen LogP contribution in [-0.4, -0.2) is 31.2 Å². The first-order chi connectivity index (χ1) is 8.12. The zero-order chi connectivity index (χ0) is 12.8. The molecule has 17 heavy (non-hydrogen) atoms. The van der Waals surface area contributed by atoms with Crippen LogP contribution in [0.25, 0.3) is 0 Å². The Bertz CT molecular complexity index is 396. The van der Waals surface area contributed by atoms with E-state index in [-0.39, 0.29) is 12.5 Å². The maximum absolute atomic E-state index is 11.3. The van der Waals surface area contributed by atoms with E-state index in [9.17, 15) is 4.79 Å². The zero-order valence-electron chi connectivity index (χ0n) is 10.0. The standard InChI is InChI=1S/C12H17ClN2O2/c1-3-15(7-12(17)14-2)10-5-4-9(8-16)11(13)6-10/h4-6,16H,3,7-8H2,1-2H3,(H,14,17). The van der Waals surface area contributed by atoms with Gasteiger partial charge in [0.15, 0.2) is 0 Å². The molecule has 5 heteroatoms. The van der Waals surface area contributed by atoms with E-state index >= 15 is 0 Å². The van der Waals surface area contributed by atoms with Gasteiger partial charge in [-0.1, -0.05) is 17.7 Å². The molecule has 0 heterocycles. The molecule has 1 aromatic carbocycles. The van der Waals surface area contributed by atoms with Crippen molar-refractivity contribution in [2.24, 2.45) is 0 Å². The van der Waals surface area contributed by atoms with Crippen molar-refractivity contribution in [3.63, 3.8) is 0 Å². The number of benzene rings is 1. The summed E-state index contributed by atoms with van der Waals surface area (Å²) >= 11 is 6.01. The van der Waals surface area contributed by atoms with E-state index in [4.69, 9.17) is 16.7 Å². The number of carbonyl (C=O) groups is 1. The van der Waals surface area contributed by atoms with Crippen LogP contribution in [0.5, 0.6) is 0 Å². The van der Waals surface area contributed by atoms with Crippen molar-refractivity contribution in [1.82, 2.24) is 5.32 Å². The lowest BCUT2D eigenvalue weighted by molar-refractivity contribution is -0.119. The first-order valence-electron chi connectivity index (χ1n) is 5.47. The second-order valence-electron chi connectivity index (χ2n) is 3.62. The molecule has 0 saturated heterocycles. The van der Waals surface area contributed by atoms with Crippen LogP contribution in [-0.2, 0) is 11.4 Å². The Morgan fingerprint density at radius 3 is 2.71 bits per heavy atom. The molecule has 1 aromatic rings. The summed E-state index contributed by atoms with van der Waals surface area (Å²) in [4.78, 5) is 13.2. The van der Waals surface area contributed by atoms with Crippen molar-refractivity contribution in [2.75, 3.05) is 25.0 Å². The van der Waals surface area contributed by atoms with Crippen LogP contribution in [0.3, 0.4) is 0 Å². The molecule has 0 aliphatic heterocycles. The summed E-state index contributed by atoms with van der Waals surface area (Å²) < 4.78 is 0. The number of aliphatic hydroxyl groups excluding tert-OH is 1. The van der Waals surface area contributed by atoms with E-state index < -0.39 is 0 Å². The average molecular weight is 257 g/mol. The first kappa shape index (κ1) is 13.8. The molecule has 0 spiro atoms. The van der Waals surface area contributed by atoms with Gasteiger partial charge in [-0.05, 0) is 24.6 Å². The van der Waals surface area contributed by atoms with Gasteiger partial charge in [0.1, 0.15) is 0 Å². The molecule has 2 N–H and O–H groups in total. The van der Waals surface area contributed by atoms with E-state index in [1.165, 1.54) is 0 Å². The molecule has 4 nitrogen and oxygen atoms in total. The Morgan fingerprint density at radius 2 is 2.24 bits per heavy atom. The van der Waals surface area contributed by atoms with Gasteiger partial charge >= 0.3 is 0 Å². The minimum absolute atomic E-state index is 0.0470. The molecule has 1 amide bonds. The third kappa shape index (κ3) is 3.61. The van der Waals surface area contributed by atoms with Gasteiger partial charge in [0.25, 0.3) is 0 Å². The quantitative estimate of drug-likeness (QED) is 0.838. The predicted molar refractivity (Wildman–Crippen MR) is 69.3 cm³/mol. The number of likely N-dealkylation sites (N-methyl/N-ethyl adjacent to an activating group) is 2. The number of halogens is 1. The van der Waals surface area contributed by atoms with E-state index in [0.29, 0.717) is 23.7 Å². The van der Waals surface area contributed by atoms with Crippen LogP contribution in [0.1, 0.15) is 12.5 Å². The highest BCUT2D eigenvalue weighted by molar-refractivity contribution is 6.31. The Kier molecular flexibility index (Phi) is 5.25. The van der Waals surface area contributed by atoms with Crippen LogP contribution < -0.4 is 10.2 Å². The van der Waals surface area contributed by atoms with Gasteiger partial charge in [-0.25, -0.2) is 0 Å². The van der Waals surface area contributed by atoms with Gasteiger partial charge in [0.2, 0.25) is 5.91 Å². The normalized spacial score (nSPS) is 10.1. The number of hydrogen-bond donors (Lipinski definition) is 2. The topological polar surface area (TPSA) is 52.6 Å². The second kappa shape index (κ2) is 6.47. The van der Waals surface area contributed by atoms with E-state index in [1.807, 2.05) is 17.9 Å². The van der Waals surface area contributed by atoms with Gasteiger partial charge in [-0.15, -0.1) is 0 Å². The smallest absolute Gasteiger partial charge is 0.239 e. The molecule has 0 radical (unpaired) electrons. The average Bonchev–Trinajstić information content (AvgIpc) is 2.35. The molecule has 0 aliphatic rings. The predicted octanol–water partition coefficient (Wildman–Crippen LogP) is 1.40. The highest BCUT2D eigenvalue weighted by Gasteiger charge is 2.10.